The lowest BCUT2D eigenvalue weighted by Gasteiger charge is -2.09. The fraction of sp³-hybridized carbons (Fsp3) is 0.333. The second kappa shape index (κ2) is 6.18. The molecule has 3 heterocycles. The van der Waals surface area contributed by atoms with Gasteiger partial charge in [0, 0.05) is 21.5 Å². The van der Waals surface area contributed by atoms with Gasteiger partial charge in [-0.3, -0.25) is 0 Å². The van der Waals surface area contributed by atoms with E-state index in [2.05, 4.69) is 11.4 Å². The number of thiophene rings is 2. The van der Waals surface area contributed by atoms with E-state index in [9.17, 15) is 4.79 Å². The number of anilines is 1. The summed E-state index contributed by atoms with van der Waals surface area (Å²) in [5.41, 5.74) is 10.5. The van der Waals surface area contributed by atoms with Crippen LogP contribution in [0.3, 0.4) is 0 Å². The highest BCUT2D eigenvalue weighted by Crippen LogP contribution is 2.45. The van der Waals surface area contributed by atoms with E-state index in [1.54, 1.807) is 11.3 Å². The van der Waals surface area contributed by atoms with Crippen molar-refractivity contribution < 1.29 is 9.53 Å². The number of hydrogen-bond acceptors (Lipinski definition) is 6. The predicted molar refractivity (Wildman–Crippen MR) is 99.9 cm³/mol. The minimum absolute atomic E-state index is 0.338. The van der Waals surface area contributed by atoms with E-state index in [1.807, 2.05) is 13.0 Å². The molecule has 0 atom stereocenters. The summed E-state index contributed by atoms with van der Waals surface area (Å²) in [5, 5.41) is 2.99. The molecule has 0 saturated carbocycles. The van der Waals surface area contributed by atoms with Crippen LogP contribution < -0.4 is 5.73 Å². The number of carbonyl (C=O) groups is 1. The van der Waals surface area contributed by atoms with E-state index in [0.29, 0.717) is 17.2 Å². The van der Waals surface area contributed by atoms with Crippen LogP contribution in [0, 0.1) is 0 Å². The molecule has 0 spiro atoms. The Bertz CT molecular complexity index is 913. The molecule has 3 aromatic heterocycles. The first-order valence-corrected chi connectivity index (χ1v) is 9.85. The minimum atomic E-state index is -0.338. The Hall–Kier alpha value is -1.92. The van der Waals surface area contributed by atoms with E-state index in [1.165, 1.54) is 27.3 Å². The van der Waals surface area contributed by atoms with Crippen LogP contribution in [0.15, 0.2) is 17.5 Å². The number of rotatable bonds is 4. The van der Waals surface area contributed by atoms with E-state index in [4.69, 9.17) is 15.5 Å². The Balaban J connectivity index is 1.95. The largest absolute Gasteiger partial charge is 0.461 e. The first-order valence-electron chi connectivity index (χ1n) is 8.15. The molecular formula is C18H18N2O2S2. The highest BCUT2D eigenvalue weighted by molar-refractivity contribution is 7.21. The van der Waals surface area contributed by atoms with Crippen LogP contribution >= 0.6 is 22.7 Å². The van der Waals surface area contributed by atoms with Gasteiger partial charge >= 0.3 is 5.97 Å². The Morgan fingerprint density at radius 3 is 3.04 bits per heavy atom. The fourth-order valence-corrected chi connectivity index (χ4v) is 5.07. The Morgan fingerprint density at radius 2 is 2.29 bits per heavy atom. The van der Waals surface area contributed by atoms with Crippen molar-refractivity contribution in [2.45, 2.75) is 32.6 Å². The van der Waals surface area contributed by atoms with Gasteiger partial charge in [-0.1, -0.05) is 13.0 Å². The zero-order valence-corrected chi connectivity index (χ0v) is 15.1. The first kappa shape index (κ1) is 15.6. The van der Waals surface area contributed by atoms with Crippen LogP contribution in [0.4, 0.5) is 5.69 Å². The molecule has 3 aromatic rings. The molecule has 6 heteroatoms. The van der Waals surface area contributed by atoms with Gasteiger partial charge in [-0.2, -0.15) is 0 Å². The number of aryl methyl sites for hydroxylation is 1. The third-order valence-electron chi connectivity index (χ3n) is 4.29. The number of carbonyl (C=O) groups excluding carboxylic acids is 1. The zero-order chi connectivity index (χ0) is 16.7. The van der Waals surface area contributed by atoms with Crippen LogP contribution in [0.25, 0.3) is 20.7 Å². The van der Waals surface area contributed by atoms with Crippen molar-refractivity contribution in [2.75, 3.05) is 12.3 Å². The van der Waals surface area contributed by atoms with E-state index >= 15 is 0 Å². The molecular weight excluding hydrogens is 340 g/mol. The lowest BCUT2D eigenvalue weighted by atomic mass is 10.0. The van der Waals surface area contributed by atoms with Gasteiger partial charge in [-0.05, 0) is 42.7 Å². The predicted octanol–water partition coefficient (Wildman–Crippen LogP) is 4.66. The average Bonchev–Trinajstić information content (AvgIpc) is 3.31. The molecule has 1 aliphatic rings. The number of aromatic nitrogens is 1. The number of nitrogens with two attached hydrogens (primary N) is 1. The number of ether oxygens (including phenoxy) is 1. The van der Waals surface area contributed by atoms with E-state index in [0.717, 1.165) is 41.6 Å². The molecule has 4 nitrogen and oxygen atoms in total. The van der Waals surface area contributed by atoms with Crippen molar-refractivity contribution in [1.82, 2.24) is 4.98 Å². The van der Waals surface area contributed by atoms with Gasteiger partial charge in [0.15, 0.2) is 0 Å². The molecule has 2 N–H and O–H groups in total. The summed E-state index contributed by atoms with van der Waals surface area (Å²) in [6, 6.07) is 4.16. The summed E-state index contributed by atoms with van der Waals surface area (Å²) in [4.78, 5) is 19.7. The smallest absolute Gasteiger partial charge is 0.350 e. The second-order valence-electron chi connectivity index (χ2n) is 5.90. The Morgan fingerprint density at radius 1 is 1.42 bits per heavy atom. The second-order valence-corrected chi connectivity index (χ2v) is 7.85. The van der Waals surface area contributed by atoms with Gasteiger partial charge in [0.2, 0.25) is 0 Å². The monoisotopic (exact) mass is 358 g/mol. The molecule has 0 fully saturated rings. The standard InChI is InChI=1S/C18H18N2O2S2/c1-2-8-22-18(21)16-15(19)14-13(12-7-4-9-23-12)10-5-3-6-11(10)20-17(14)24-16/h4,7,9H,2-3,5-6,8,19H2,1H3. The summed E-state index contributed by atoms with van der Waals surface area (Å²) < 4.78 is 5.29. The number of nitrogens with zero attached hydrogens (tertiary/aromatic N) is 1. The summed E-state index contributed by atoms with van der Waals surface area (Å²) in [6.07, 6.45) is 3.94. The lowest BCUT2D eigenvalue weighted by Crippen LogP contribution is -2.06. The zero-order valence-electron chi connectivity index (χ0n) is 13.4. The quantitative estimate of drug-likeness (QED) is 0.689. The molecule has 1 aliphatic carbocycles. The van der Waals surface area contributed by atoms with Crippen LogP contribution in [-0.2, 0) is 17.6 Å². The van der Waals surface area contributed by atoms with Gasteiger partial charge in [0.05, 0.1) is 12.3 Å². The SMILES string of the molecule is CCCOC(=O)c1sc2nc3c(c(-c4cccs4)c2c1N)CCC3. The number of fused-ring (bicyclic) bond motifs is 2. The molecule has 24 heavy (non-hydrogen) atoms. The molecule has 0 bridgehead atoms. The third kappa shape index (κ3) is 2.41. The lowest BCUT2D eigenvalue weighted by molar-refractivity contribution is 0.0512. The number of nitrogen functional groups attached to an aromatic ring is 1. The maximum atomic E-state index is 12.3. The number of esters is 1. The molecule has 0 amide bonds. The molecule has 124 valence electrons. The third-order valence-corrected chi connectivity index (χ3v) is 6.26. The first-order chi connectivity index (χ1) is 11.7. The van der Waals surface area contributed by atoms with Crippen molar-refractivity contribution >= 4 is 44.5 Å². The number of hydrogen-bond donors (Lipinski definition) is 1. The van der Waals surface area contributed by atoms with Crippen molar-refractivity contribution in [1.29, 1.82) is 0 Å². The topological polar surface area (TPSA) is 65.2 Å². The minimum Gasteiger partial charge on any atom is -0.461 e. The number of pyridine rings is 1. The summed E-state index contributed by atoms with van der Waals surface area (Å²) in [7, 11) is 0. The molecule has 0 radical (unpaired) electrons. The van der Waals surface area contributed by atoms with Gasteiger partial charge in [0.25, 0.3) is 0 Å². The van der Waals surface area contributed by atoms with Crippen molar-refractivity contribution in [2.24, 2.45) is 0 Å². The molecule has 0 aliphatic heterocycles. The van der Waals surface area contributed by atoms with Gasteiger partial charge in [-0.15, -0.1) is 22.7 Å². The average molecular weight is 358 g/mol. The summed E-state index contributed by atoms with van der Waals surface area (Å²) in [6.45, 7) is 2.39. The van der Waals surface area contributed by atoms with Crippen molar-refractivity contribution in [3.8, 4) is 10.4 Å². The highest BCUT2D eigenvalue weighted by Gasteiger charge is 2.27. The molecule has 0 unspecified atom stereocenters. The highest BCUT2D eigenvalue weighted by atomic mass is 32.1. The summed E-state index contributed by atoms with van der Waals surface area (Å²) in [5.74, 6) is -0.338. The van der Waals surface area contributed by atoms with Crippen molar-refractivity contribution in [3.05, 3.63) is 33.6 Å². The van der Waals surface area contributed by atoms with Crippen LogP contribution in [0.1, 0.15) is 40.7 Å². The normalized spacial score (nSPS) is 13.4. The van der Waals surface area contributed by atoms with Crippen molar-refractivity contribution in [3.63, 3.8) is 0 Å². The van der Waals surface area contributed by atoms with Gasteiger partial charge in [-0.25, -0.2) is 9.78 Å². The fourth-order valence-electron chi connectivity index (χ4n) is 3.25. The van der Waals surface area contributed by atoms with Crippen LogP contribution in [0.5, 0.6) is 0 Å². The molecule has 4 rings (SSSR count). The van der Waals surface area contributed by atoms with Gasteiger partial charge < -0.3 is 10.5 Å². The van der Waals surface area contributed by atoms with Crippen LogP contribution in [0.2, 0.25) is 0 Å². The van der Waals surface area contributed by atoms with Gasteiger partial charge in [0.1, 0.15) is 9.71 Å². The van der Waals surface area contributed by atoms with Crippen LogP contribution in [-0.4, -0.2) is 17.6 Å². The Labute approximate surface area is 148 Å². The van der Waals surface area contributed by atoms with E-state index in [-0.39, 0.29) is 5.97 Å². The molecule has 0 saturated heterocycles. The van der Waals surface area contributed by atoms with E-state index < -0.39 is 0 Å². The Kier molecular flexibility index (Phi) is 4.02. The molecule has 0 aromatic carbocycles. The maximum absolute atomic E-state index is 12.3. The maximum Gasteiger partial charge on any atom is 0.350 e. The summed E-state index contributed by atoms with van der Waals surface area (Å²) >= 11 is 3.06.